The summed E-state index contributed by atoms with van der Waals surface area (Å²) in [6, 6.07) is 0. The minimum atomic E-state index is -3.50. The molecule has 1 fully saturated rings. The van der Waals surface area contributed by atoms with Crippen LogP contribution in [0, 0.1) is 12.8 Å². The lowest BCUT2D eigenvalue weighted by Gasteiger charge is -2.14. The molecule has 1 aromatic heterocycles. The topological polar surface area (TPSA) is 75.4 Å². The molecule has 0 spiro atoms. The molecule has 18 heavy (non-hydrogen) atoms. The summed E-state index contributed by atoms with van der Waals surface area (Å²) in [4.78, 5) is 4.12. The highest BCUT2D eigenvalue weighted by atomic mass is 32.2. The van der Waals surface area contributed by atoms with E-state index in [4.69, 9.17) is 5.11 Å². The van der Waals surface area contributed by atoms with E-state index >= 15 is 0 Å². The van der Waals surface area contributed by atoms with Crippen molar-refractivity contribution in [2.24, 2.45) is 5.92 Å². The van der Waals surface area contributed by atoms with Gasteiger partial charge in [0.2, 0.25) is 0 Å². The van der Waals surface area contributed by atoms with Gasteiger partial charge in [-0.2, -0.15) is 4.31 Å². The predicted molar refractivity (Wildman–Crippen MR) is 66.6 cm³/mol. The van der Waals surface area contributed by atoms with Gasteiger partial charge in [-0.05, 0) is 26.2 Å². The van der Waals surface area contributed by atoms with Gasteiger partial charge in [-0.25, -0.2) is 13.4 Å². The molecule has 0 bridgehead atoms. The van der Waals surface area contributed by atoms with Crippen molar-refractivity contribution < 1.29 is 13.5 Å². The van der Waals surface area contributed by atoms with Crippen LogP contribution in [0.2, 0.25) is 0 Å². The lowest BCUT2D eigenvalue weighted by atomic mass is 10.1. The molecule has 1 aromatic rings. The Morgan fingerprint density at radius 1 is 1.56 bits per heavy atom. The summed E-state index contributed by atoms with van der Waals surface area (Å²) in [7, 11) is -3.50. The summed E-state index contributed by atoms with van der Waals surface area (Å²) in [6.07, 6.45) is 2.29. The fourth-order valence-corrected chi connectivity index (χ4v) is 3.75. The van der Waals surface area contributed by atoms with Crippen molar-refractivity contribution in [1.82, 2.24) is 13.9 Å². The molecule has 6 nitrogen and oxygen atoms in total. The number of aromatic nitrogens is 2. The van der Waals surface area contributed by atoms with E-state index in [9.17, 15) is 8.42 Å². The Bertz CT molecular complexity index is 524. The Morgan fingerprint density at radius 3 is 2.78 bits per heavy atom. The standard InChI is InChI=1S/C11H19N3O3S/c1-3-13-7-11(12-9(13)2)18(16,17)14-5-4-10(6-14)8-15/h7,10,15H,3-6,8H2,1-2H3. The average molecular weight is 273 g/mol. The molecule has 1 aliphatic rings. The molecule has 0 saturated carbocycles. The molecule has 1 aliphatic heterocycles. The summed E-state index contributed by atoms with van der Waals surface area (Å²) < 4.78 is 27.9. The van der Waals surface area contributed by atoms with Crippen molar-refractivity contribution in [2.45, 2.75) is 31.8 Å². The minimum Gasteiger partial charge on any atom is -0.396 e. The maximum absolute atomic E-state index is 12.3. The highest BCUT2D eigenvalue weighted by Gasteiger charge is 2.33. The highest BCUT2D eigenvalue weighted by Crippen LogP contribution is 2.23. The van der Waals surface area contributed by atoms with Crippen LogP contribution in [0.15, 0.2) is 11.2 Å². The average Bonchev–Trinajstić information content (AvgIpc) is 2.95. The van der Waals surface area contributed by atoms with Crippen LogP contribution < -0.4 is 0 Å². The minimum absolute atomic E-state index is 0.0362. The van der Waals surface area contributed by atoms with Crippen LogP contribution in [-0.4, -0.2) is 47.1 Å². The Labute approximate surface area is 107 Å². The van der Waals surface area contributed by atoms with E-state index < -0.39 is 10.0 Å². The first-order valence-electron chi connectivity index (χ1n) is 6.13. The Balaban J connectivity index is 2.25. The van der Waals surface area contributed by atoms with E-state index in [2.05, 4.69) is 4.98 Å². The number of hydrogen-bond donors (Lipinski definition) is 1. The zero-order valence-corrected chi connectivity index (χ0v) is 11.5. The third kappa shape index (κ3) is 2.30. The zero-order chi connectivity index (χ0) is 13.3. The number of aliphatic hydroxyl groups is 1. The fourth-order valence-electron chi connectivity index (χ4n) is 2.22. The van der Waals surface area contributed by atoms with Crippen LogP contribution in [0.25, 0.3) is 0 Å². The highest BCUT2D eigenvalue weighted by molar-refractivity contribution is 7.89. The third-order valence-electron chi connectivity index (χ3n) is 3.41. The summed E-state index contributed by atoms with van der Waals surface area (Å²) in [5.41, 5.74) is 0. The number of aliphatic hydroxyl groups excluding tert-OH is 1. The molecule has 0 aliphatic carbocycles. The van der Waals surface area contributed by atoms with Crippen molar-refractivity contribution in [2.75, 3.05) is 19.7 Å². The first-order chi connectivity index (χ1) is 8.48. The molecule has 1 unspecified atom stereocenters. The van der Waals surface area contributed by atoms with Crippen LogP contribution >= 0.6 is 0 Å². The van der Waals surface area contributed by atoms with Gasteiger partial charge in [0.1, 0.15) is 5.82 Å². The van der Waals surface area contributed by atoms with E-state index in [0.29, 0.717) is 31.9 Å². The maximum atomic E-state index is 12.3. The summed E-state index contributed by atoms with van der Waals surface area (Å²) in [5.74, 6) is 0.753. The van der Waals surface area contributed by atoms with Gasteiger partial charge in [0.15, 0.2) is 5.03 Å². The summed E-state index contributed by atoms with van der Waals surface area (Å²) in [6.45, 7) is 5.33. The molecule has 1 N–H and O–H groups in total. The van der Waals surface area contributed by atoms with E-state index in [0.717, 1.165) is 0 Å². The van der Waals surface area contributed by atoms with Crippen LogP contribution in [0.1, 0.15) is 19.2 Å². The molecular weight excluding hydrogens is 254 g/mol. The fraction of sp³-hybridized carbons (Fsp3) is 0.727. The molecule has 2 heterocycles. The molecule has 1 saturated heterocycles. The summed E-state index contributed by atoms with van der Waals surface area (Å²) >= 11 is 0. The Kier molecular flexibility index (Phi) is 3.74. The smallest absolute Gasteiger partial charge is 0.262 e. The molecule has 2 rings (SSSR count). The van der Waals surface area contributed by atoms with Crippen molar-refractivity contribution >= 4 is 10.0 Å². The number of nitrogens with zero attached hydrogens (tertiary/aromatic N) is 3. The van der Waals surface area contributed by atoms with Crippen molar-refractivity contribution in [1.29, 1.82) is 0 Å². The van der Waals surface area contributed by atoms with Gasteiger partial charge < -0.3 is 9.67 Å². The predicted octanol–water partition coefficient (Wildman–Crippen LogP) is 0.214. The lowest BCUT2D eigenvalue weighted by molar-refractivity contribution is 0.233. The Morgan fingerprint density at radius 2 is 2.28 bits per heavy atom. The Hall–Kier alpha value is -0.920. The lowest BCUT2D eigenvalue weighted by Crippen LogP contribution is -2.29. The maximum Gasteiger partial charge on any atom is 0.262 e. The van der Waals surface area contributed by atoms with E-state index in [1.165, 1.54) is 4.31 Å². The molecule has 7 heteroatoms. The van der Waals surface area contributed by atoms with Gasteiger partial charge >= 0.3 is 0 Å². The molecule has 102 valence electrons. The van der Waals surface area contributed by atoms with Gasteiger partial charge in [-0.3, -0.25) is 0 Å². The monoisotopic (exact) mass is 273 g/mol. The second-order valence-corrected chi connectivity index (χ2v) is 6.50. The van der Waals surface area contributed by atoms with Crippen LogP contribution in [0.3, 0.4) is 0 Å². The first kappa shape index (κ1) is 13.5. The largest absolute Gasteiger partial charge is 0.396 e. The van der Waals surface area contributed by atoms with Crippen molar-refractivity contribution in [3.63, 3.8) is 0 Å². The van der Waals surface area contributed by atoms with Gasteiger partial charge in [0.05, 0.1) is 0 Å². The van der Waals surface area contributed by atoms with Gasteiger partial charge in [-0.15, -0.1) is 0 Å². The molecule has 0 radical (unpaired) electrons. The van der Waals surface area contributed by atoms with E-state index in [-0.39, 0.29) is 17.6 Å². The molecule has 1 atom stereocenters. The van der Waals surface area contributed by atoms with E-state index in [1.54, 1.807) is 13.1 Å². The number of hydrogen-bond acceptors (Lipinski definition) is 4. The van der Waals surface area contributed by atoms with Crippen molar-refractivity contribution in [3.05, 3.63) is 12.0 Å². The molecule has 0 amide bonds. The number of rotatable bonds is 4. The molecular formula is C11H19N3O3S. The number of sulfonamides is 1. The number of imidazole rings is 1. The zero-order valence-electron chi connectivity index (χ0n) is 10.7. The second kappa shape index (κ2) is 4.99. The van der Waals surface area contributed by atoms with Gasteiger partial charge in [0.25, 0.3) is 10.0 Å². The molecule has 0 aromatic carbocycles. The first-order valence-corrected chi connectivity index (χ1v) is 7.57. The second-order valence-electron chi connectivity index (χ2n) is 4.61. The van der Waals surface area contributed by atoms with Crippen LogP contribution in [0.5, 0.6) is 0 Å². The SMILES string of the molecule is CCn1cc(S(=O)(=O)N2CCC(CO)C2)nc1C. The third-order valence-corrected chi connectivity index (χ3v) is 5.14. The van der Waals surface area contributed by atoms with Crippen LogP contribution in [-0.2, 0) is 16.6 Å². The van der Waals surface area contributed by atoms with Gasteiger partial charge in [-0.1, -0.05) is 0 Å². The van der Waals surface area contributed by atoms with Gasteiger partial charge in [0, 0.05) is 32.4 Å². The number of aryl methyl sites for hydroxylation is 2. The van der Waals surface area contributed by atoms with E-state index in [1.807, 2.05) is 11.5 Å². The normalized spacial score (nSPS) is 21.6. The van der Waals surface area contributed by atoms with Crippen molar-refractivity contribution in [3.8, 4) is 0 Å². The quantitative estimate of drug-likeness (QED) is 0.851. The van der Waals surface area contributed by atoms with Crippen LogP contribution in [0.4, 0.5) is 0 Å². The summed E-state index contributed by atoms with van der Waals surface area (Å²) in [5, 5.41) is 9.18.